The number of hydrogen-bond donors (Lipinski definition) is 0. The SMILES string of the molecule is C=C(C)C(=O)Oc1ccccc1.C=C(C)C(=O)[O-].[BiH2+]. The molecular weight excluding hydrogens is 441 g/mol. The summed E-state index contributed by atoms with van der Waals surface area (Å²) in [5.74, 6) is -1.03. The van der Waals surface area contributed by atoms with Crippen LogP contribution in [0.2, 0.25) is 0 Å². The summed E-state index contributed by atoms with van der Waals surface area (Å²) in [5, 5.41) is 9.49. The van der Waals surface area contributed by atoms with E-state index in [4.69, 9.17) is 4.74 Å². The van der Waals surface area contributed by atoms with Gasteiger partial charge in [-0.25, -0.2) is 4.79 Å². The molecule has 4 nitrogen and oxygen atoms in total. The van der Waals surface area contributed by atoms with Crippen LogP contribution in [-0.2, 0) is 9.59 Å². The first-order chi connectivity index (χ1) is 8.34. The predicted molar refractivity (Wildman–Crippen MR) is 75.3 cm³/mol. The third kappa shape index (κ3) is 10.2. The Morgan fingerprint density at radius 3 is 1.79 bits per heavy atom. The molecule has 102 valence electrons. The van der Waals surface area contributed by atoms with E-state index in [1.165, 1.54) is 6.92 Å². The molecule has 5 heteroatoms. The second kappa shape index (κ2) is 10.4. The molecule has 0 aliphatic heterocycles. The standard InChI is InChI=1S/C10H10O2.C4H6O2.Bi.2H/c1-8(2)10(11)12-9-6-4-3-5-7-9;1-3(2)4(5)6;;;/h3-7H,1H2,2H3;1H2,2H3,(H,5,6);;;/q;;+1;;/p-1. The summed E-state index contributed by atoms with van der Waals surface area (Å²) in [7, 11) is 0. The molecule has 0 fully saturated rings. The molecule has 1 aromatic carbocycles. The molecule has 0 spiro atoms. The van der Waals surface area contributed by atoms with Gasteiger partial charge in [0.25, 0.3) is 0 Å². The molecule has 0 aliphatic rings. The number of rotatable bonds is 3. The van der Waals surface area contributed by atoms with Crippen LogP contribution in [-0.4, -0.2) is 38.1 Å². The van der Waals surface area contributed by atoms with Gasteiger partial charge >= 0.3 is 32.2 Å². The monoisotopic (exact) mass is 458 g/mol. The summed E-state index contributed by atoms with van der Waals surface area (Å²) in [4.78, 5) is 20.5. The normalized spacial score (nSPS) is 8.11. The Labute approximate surface area is 131 Å². The zero-order valence-electron chi connectivity index (χ0n) is 11.0. The topological polar surface area (TPSA) is 66.4 Å². The summed E-state index contributed by atoms with van der Waals surface area (Å²) >= 11 is 0. The van der Waals surface area contributed by atoms with Gasteiger partial charge in [0, 0.05) is 5.57 Å². The summed E-state index contributed by atoms with van der Waals surface area (Å²) < 4.78 is 4.94. The number of esters is 1. The molecule has 19 heavy (non-hydrogen) atoms. The third-order valence-corrected chi connectivity index (χ3v) is 1.65. The number of carbonyl (C=O) groups is 2. The van der Waals surface area contributed by atoms with Crippen molar-refractivity contribution in [1.29, 1.82) is 0 Å². The van der Waals surface area contributed by atoms with Crippen LogP contribution in [0.5, 0.6) is 5.75 Å². The fraction of sp³-hybridized carbons (Fsp3) is 0.143. The van der Waals surface area contributed by atoms with Crippen molar-refractivity contribution >= 4 is 38.1 Å². The Bertz CT molecular complexity index is 440. The Morgan fingerprint density at radius 1 is 1.05 bits per heavy atom. The second-order valence-electron chi connectivity index (χ2n) is 3.55. The molecule has 0 amide bonds. The first-order valence-corrected chi connectivity index (χ1v) is 5.14. The molecule has 0 saturated heterocycles. The quantitative estimate of drug-likeness (QED) is 0.288. The first-order valence-electron chi connectivity index (χ1n) is 5.14. The molecule has 1 rings (SSSR count). The van der Waals surface area contributed by atoms with Crippen molar-refractivity contribution in [3.05, 3.63) is 54.6 Å². The maximum atomic E-state index is 11.0. The number of carboxylic acids is 1. The average Bonchev–Trinajstić information content (AvgIpc) is 2.30. The van der Waals surface area contributed by atoms with E-state index in [-0.39, 0.29) is 37.7 Å². The van der Waals surface area contributed by atoms with E-state index in [2.05, 4.69) is 13.2 Å². The van der Waals surface area contributed by atoms with Gasteiger partial charge in [-0.05, 0) is 31.6 Å². The maximum absolute atomic E-state index is 11.0. The average molecular weight is 458 g/mol. The van der Waals surface area contributed by atoms with Gasteiger partial charge in [-0.15, -0.1) is 0 Å². The van der Waals surface area contributed by atoms with Crippen LogP contribution < -0.4 is 9.84 Å². The van der Waals surface area contributed by atoms with Gasteiger partial charge in [0.05, 0.1) is 5.97 Å². The van der Waals surface area contributed by atoms with Gasteiger partial charge in [-0.3, -0.25) is 0 Å². The van der Waals surface area contributed by atoms with E-state index in [0.717, 1.165) is 0 Å². The van der Waals surface area contributed by atoms with Gasteiger partial charge in [-0.1, -0.05) is 31.4 Å². The van der Waals surface area contributed by atoms with Gasteiger partial charge in [-0.2, -0.15) is 0 Å². The van der Waals surface area contributed by atoms with Crippen molar-refractivity contribution in [3.63, 3.8) is 0 Å². The Balaban J connectivity index is 0. The van der Waals surface area contributed by atoms with Crippen LogP contribution in [0.1, 0.15) is 13.8 Å². The third-order valence-electron chi connectivity index (χ3n) is 1.65. The molecule has 0 heterocycles. The molecular formula is C14H17BiO4. The Morgan fingerprint density at radius 2 is 1.47 bits per heavy atom. The van der Waals surface area contributed by atoms with Crippen molar-refractivity contribution < 1.29 is 19.4 Å². The summed E-state index contributed by atoms with van der Waals surface area (Å²) in [6.07, 6.45) is 0. The fourth-order valence-electron chi connectivity index (χ4n) is 0.683. The number of aliphatic carboxylic acids is 1. The van der Waals surface area contributed by atoms with Crippen LogP contribution in [0.3, 0.4) is 0 Å². The number of ether oxygens (including phenoxy) is 1. The molecule has 0 unspecified atom stereocenters. The van der Waals surface area contributed by atoms with Gasteiger partial charge < -0.3 is 14.6 Å². The number of hydrogen-bond acceptors (Lipinski definition) is 4. The number of carboxylic acid groups (broad SMARTS) is 1. The van der Waals surface area contributed by atoms with Crippen molar-refractivity contribution in [2.24, 2.45) is 0 Å². The van der Waals surface area contributed by atoms with Crippen molar-refractivity contribution in [1.82, 2.24) is 0 Å². The first kappa shape index (κ1) is 19.9. The zero-order chi connectivity index (χ0) is 14.1. The summed E-state index contributed by atoms with van der Waals surface area (Å²) in [6, 6.07) is 8.92. The van der Waals surface area contributed by atoms with Crippen molar-refractivity contribution in [3.8, 4) is 5.75 Å². The molecule has 2 radical (unpaired) electrons. The van der Waals surface area contributed by atoms with Gasteiger partial charge in [0.2, 0.25) is 0 Å². The Kier molecular flexibility index (Phi) is 10.9. The second-order valence-corrected chi connectivity index (χ2v) is 3.55. The zero-order valence-corrected chi connectivity index (χ0v) is 15.5. The minimum atomic E-state index is -1.19. The molecule has 0 aromatic heterocycles. The van der Waals surface area contributed by atoms with Crippen molar-refractivity contribution in [2.75, 3.05) is 0 Å². The minimum absolute atomic E-state index is 0. The van der Waals surface area contributed by atoms with Crippen LogP contribution in [0, 0.1) is 0 Å². The van der Waals surface area contributed by atoms with E-state index >= 15 is 0 Å². The van der Waals surface area contributed by atoms with E-state index in [0.29, 0.717) is 11.3 Å². The van der Waals surface area contributed by atoms with Crippen LogP contribution in [0.4, 0.5) is 0 Å². The molecule has 0 saturated carbocycles. The Hall–Kier alpha value is -1.48. The molecule has 0 N–H and O–H groups in total. The van der Waals surface area contributed by atoms with E-state index < -0.39 is 5.97 Å². The summed E-state index contributed by atoms with van der Waals surface area (Å²) in [5.41, 5.74) is 0.467. The molecule has 0 bridgehead atoms. The molecule has 0 aliphatic carbocycles. The van der Waals surface area contributed by atoms with Gasteiger partial charge in [0.1, 0.15) is 5.75 Å². The van der Waals surface area contributed by atoms with E-state index in [9.17, 15) is 14.7 Å². The number of carbonyl (C=O) groups excluding carboxylic acids is 2. The number of para-hydroxylation sites is 1. The fourth-order valence-corrected chi connectivity index (χ4v) is 0.683. The molecule has 0 atom stereocenters. The van der Waals surface area contributed by atoms with Crippen LogP contribution >= 0.6 is 0 Å². The van der Waals surface area contributed by atoms with Crippen LogP contribution in [0.25, 0.3) is 0 Å². The van der Waals surface area contributed by atoms with E-state index in [1.54, 1.807) is 31.2 Å². The van der Waals surface area contributed by atoms with E-state index in [1.807, 2.05) is 6.07 Å². The number of benzene rings is 1. The van der Waals surface area contributed by atoms with Crippen molar-refractivity contribution in [2.45, 2.75) is 13.8 Å². The predicted octanol–water partition coefficient (Wildman–Crippen LogP) is 0.564. The van der Waals surface area contributed by atoms with Gasteiger partial charge in [0.15, 0.2) is 0 Å². The summed E-state index contributed by atoms with van der Waals surface area (Å²) in [6.45, 7) is 9.57. The molecule has 1 aromatic rings. The van der Waals surface area contributed by atoms with Crippen LogP contribution in [0.15, 0.2) is 54.6 Å².